The predicted octanol–water partition coefficient (Wildman–Crippen LogP) is 3.90. The van der Waals surface area contributed by atoms with Gasteiger partial charge in [-0.3, -0.25) is 9.59 Å². The minimum atomic E-state index is -0.795. The highest BCUT2D eigenvalue weighted by Crippen LogP contribution is 2.30. The molecule has 0 saturated carbocycles. The maximum Gasteiger partial charge on any atom is 0.229 e. The molecule has 0 aliphatic carbocycles. The number of benzene rings is 2. The number of aldehydes is 1. The van der Waals surface area contributed by atoms with Gasteiger partial charge in [0.25, 0.3) is 0 Å². The third-order valence-corrected chi connectivity index (χ3v) is 6.75. The molecule has 1 saturated heterocycles. The number of nitrogens with zero attached hydrogens (tertiary/aromatic N) is 2. The van der Waals surface area contributed by atoms with Gasteiger partial charge in [0.15, 0.2) is 5.01 Å². The average molecular weight is 453 g/mol. The number of hydrogen-bond acceptors (Lipinski definition) is 5. The van der Waals surface area contributed by atoms with Gasteiger partial charge in [-0.05, 0) is 30.7 Å². The van der Waals surface area contributed by atoms with E-state index in [1.54, 1.807) is 0 Å². The molecule has 1 fully saturated rings. The van der Waals surface area contributed by atoms with Gasteiger partial charge in [0.05, 0.1) is 28.2 Å². The van der Waals surface area contributed by atoms with Crippen molar-refractivity contribution >= 4 is 50.4 Å². The number of para-hydroxylation sites is 1. The number of aromatic amines is 1. The topological polar surface area (TPSA) is 83.1 Å². The van der Waals surface area contributed by atoms with Gasteiger partial charge in [-0.1, -0.05) is 12.1 Å². The summed E-state index contributed by atoms with van der Waals surface area (Å²) in [5.74, 6) is -2.56. The lowest BCUT2D eigenvalue weighted by atomic mass is 10.0. The van der Waals surface area contributed by atoms with Crippen molar-refractivity contribution in [3.63, 3.8) is 0 Å². The van der Waals surface area contributed by atoms with E-state index < -0.39 is 23.6 Å². The number of likely N-dealkylation sites (tertiary alicyclic amines) is 1. The number of carbonyl (C=O) groups excluding carboxylic acids is 3. The molecule has 5 rings (SSSR count). The quantitative estimate of drug-likeness (QED) is 0.367. The van der Waals surface area contributed by atoms with Crippen molar-refractivity contribution in [3.8, 4) is 0 Å². The molecule has 2 unspecified atom stereocenters. The molecule has 0 radical (unpaired) electrons. The maximum atomic E-state index is 14.0. The first-order valence-electron chi connectivity index (χ1n) is 10.0. The maximum absolute atomic E-state index is 14.0. The lowest BCUT2D eigenvalue weighted by Gasteiger charge is -2.22. The summed E-state index contributed by atoms with van der Waals surface area (Å²) < 4.78 is 28.3. The van der Waals surface area contributed by atoms with Crippen molar-refractivity contribution in [2.24, 2.45) is 5.92 Å². The van der Waals surface area contributed by atoms with E-state index in [4.69, 9.17) is 0 Å². The van der Waals surface area contributed by atoms with Gasteiger partial charge >= 0.3 is 0 Å². The molecule has 3 heterocycles. The zero-order valence-electron chi connectivity index (χ0n) is 16.7. The Morgan fingerprint density at radius 2 is 2.03 bits per heavy atom. The fourth-order valence-electron chi connectivity index (χ4n) is 4.19. The summed E-state index contributed by atoms with van der Waals surface area (Å²) in [6.45, 7) is 0.132. The number of halogens is 2. The SMILES string of the molecule is O=CC1CC(C(=O)c2nc3ccccc3s2)N(C(=O)Cc2cc3c(F)cc(F)cc3[nH]2)C1. The number of hydrogen-bond donors (Lipinski definition) is 1. The van der Waals surface area contributed by atoms with Crippen molar-refractivity contribution in [1.29, 1.82) is 0 Å². The van der Waals surface area contributed by atoms with Crippen LogP contribution in [0.3, 0.4) is 0 Å². The molecule has 0 spiro atoms. The first-order valence-corrected chi connectivity index (χ1v) is 10.9. The number of thiazole rings is 1. The van der Waals surface area contributed by atoms with E-state index in [-0.39, 0.29) is 42.0 Å². The Labute approximate surface area is 184 Å². The van der Waals surface area contributed by atoms with Crippen LogP contribution in [-0.2, 0) is 16.0 Å². The standard InChI is InChI=1S/C23H17F2N3O3S/c24-13-6-16(25)15-8-14(26-18(15)7-13)9-21(30)28-10-12(11-29)5-19(28)22(31)23-27-17-3-1-2-4-20(17)32-23/h1-4,6-8,11-12,19,26H,5,9-10H2. The van der Waals surface area contributed by atoms with Crippen LogP contribution in [0.25, 0.3) is 21.1 Å². The van der Waals surface area contributed by atoms with Crippen LogP contribution >= 0.6 is 11.3 Å². The van der Waals surface area contributed by atoms with Crippen LogP contribution in [-0.4, -0.2) is 45.4 Å². The normalized spacial score (nSPS) is 18.5. The highest BCUT2D eigenvalue weighted by Gasteiger charge is 2.40. The Morgan fingerprint density at radius 3 is 2.81 bits per heavy atom. The van der Waals surface area contributed by atoms with Crippen LogP contribution in [0.2, 0.25) is 0 Å². The number of fused-ring (bicyclic) bond motifs is 2. The average Bonchev–Trinajstić information content (AvgIpc) is 3.49. The Balaban J connectivity index is 1.41. The first kappa shape index (κ1) is 20.4. The summed E-state index contributed by atoms with van der Waals surface area (Å²) in [4.78, 5) is 46.4. The number of H-pyrrole nitrogens is 1. The summed E-state index contributed by atoms with van der Waals surface area (Å²) >= 11 is 1.25. The van der Waals surface area contributed by atoms with Crippen LogP contribution in [0.15, 0.2) is 42.5 Å². The molecule has 6 nitrogen and oxygen atoms in total. The van der Waals surface area contributed by atoms with Gasteiger partial charge < -0.3 is 14.7 Å². The minimum absolute atomic E-state index is 0.132. The van der Waals surface area contributed by atoms with Gasteiger partial charge in [0, 0.05) is 29.6 Å². The zero-order valence-corrected chi connectivity index (χ0v) is 17.5. The molecule has 32 heavy (non-hydrogen) atoms. The molecule has 0 bridgehead atoms. The number of aromatic nitrogens is 2. The third kappa shape index (κ3) is 3.58. The number of rotatable bonds is 5. The summed E-state index contributed by atoms with van der Waals surface area (Å²) in [7, 11) is 0. The van der Waals surface area contributed by atoms with Crippen LogP contribution in [0.5, 0.6) is 0 Å². The number of ketones is 1. The van der Waals surface area contributed by atoms with Gasteiger partial charge in [0.2, 0.25) is 11.7 Å². The Hall–Kier alpha value is -3.46. The lowest BCUT2D eigenvalue weighted by Crippen LogP contribution is -2.41. The van der Waals surface area contributed by atoms with Gasteiger partial charge in [-0.2, -0.15) is 0 Å². The van der Waals surface area contributed by atoms with Gasteiger partial charge in [-0.15, -0.1) is 11.3 Å². The van der Waals surface area contributed by atoms with Crippen molar-refractivity contribution in [2.75, 3.05) is 6.54 Å². The molecule has 9 heteroatoms. The first-order chi connectivity index (χ1) is 15.4. The molecule has 2 atom stereocenters. The molecule has 2 aromatic carbocycles. The Bertz CT molecular complexity index is 1350. The number of amides is 1. The number of nitrogens with one attached hydrogen (secondary N) is 1. The largest absolute Gasteiger partial charge is 0.358 e. The summed E-state index contributed by atoms with van der Waals surface area (Å²) in [5, 5.41) is 0.479. The highest BCUT2D eigenvalue weighted by atomic mass is 32.1. The summed E-state index contributed by atoms with van der Waals surface area (Å²) in [6.07, 6.45) is 0.856. The fraction of sp³-hybridized carbons (Fsp3) is 0.217. The fourth-order valence-corrected chi connectivity index (χ4v) is 5.14. The predicted molar refractivity (Wildman–Crippen MR) is 116 cm³/mol. The van der Waals surface area contributed by atoms with Crippen molar-refractivity contribution in [3.05, 3.63) is 64.8 Å². The van der Waals surface area contributed by atoms with Crippen molar-refractivity contribution < 1.29 is 23.2 Å². The smallest absolute Gasteiger partial charge is 0.229 e. The van der Waals surface area contributed by atoms with E-state index in [0.29, 0.717) is 16.2 Å². The number of carbonyl (C=O) groups is 3. The second-order valence-electron chi connectivity index (χ2n) is 7.86. The van der Waals surface area contributed by atoms with Crippen molar-refractivity contribution in [1.82, 2.24) is 14.9 Å². The molecule has 2 aromatic heterocycles. The van der Waals surface area contributed by atoms with E-state index >= 15 is 0 Å². The van der Waals surface area contributed by atoms with Crippen LogP contribution in [0.4, 0.5) is 8.78 Å². The van der Waals surface area contributed by atoms with Crippen LogP contribution < -0.4 is 0 Å². The highest BCUT2D eigenvalue weighted by molar-refractivity contribution is 7.20. The second-order valence-corrected chi connectivity index (χ2v) is 8.90. The molecule has 4 aromatic rings. The van der Waals surface area contributed by atoms with Crippen LogP contribution in [0.1, 0.15) is 21.9 Å². The molecule has 1 amide bonds. The molecule has 1 aliphatic rings. The molecular formula is C23H17F2N3O3S. The summed E-state index contributed by atoms with van der Waals surface area (Å²) in [6, 6.07) is 9.97. The third-order valence-electron chi connectivity index (χ3n) is 5.70. The van der Waals surface area contributed by atoms with Gasteiger partial charge in [0.1, 0.15) is 17.9 Å². The van der Waals surface area contributed by atoms with Crippen LogP contribution in [0, 0.1) is 17.6 Å². The van der Waals surface area contributed by atoms with E-state index in [1.165, 1.54) is 22.3 Å². The van der Waals surface area contributed by atoms with Gasteiger partial charge in [-0.25, -0.2) is 13.8 Å². The molecule has 1 aliphatic heterocycles. The number of Topliss-reactive ketones (excluding diaryl/α,β-unsaturated/α-hetero) is 1. The van der Waals surface area contributed by atoms with E-state index in [1.807, 2.05) is 24.3 Å². The van der Waals surface area contributed by atoms with E-state index in [2.05, 4.69) is 9.97 Å². The monoisotopic (exact) mass is 453 g/mol. The van der Waals surface area contributed by atoms with E-state index in [9.17, 15) is 23.2 Å². The zero-order chi connectivity index (χ0) is 22.4. The second kappa shape index (κ2) is 7.90. The molecule has 162 valence electrons. The Kier molecular flexibility index (Phi) is 5.05. The summed E-state index contributed by atoms with van der Waals surface area (Å²) in [5.41, 5.74) is 1.35. The Morgan fingerprint density at radius 1 is 1.22 bits per heavy atom. The molecular weight excluding hydrogens is 436 g/mol. The van der Waals surface area contributed by atoms with Crippen molar-refractivity contribution in [2.45, 2.75) is 18.9 Å². The van der Waals surface area contributed by atoms with E-state index in [0.717, 1.165) is 23.1 Å². The lowest BCUT2D eigenvalue weighted by molar-refractivity contribution is -0.130. The minimum Gasteiger partial charge on any atom is -0.358 e. The molecule has 1 N–H and O–H groups in total.